The maximum atomic E-state index is 10.6. The minimum Gasteiger partial charge on any atom is -0.392 e. The van der Waals surface area contributed by atoms with Crippen LogP contribution >= 0.6 is 0 Å². The minimum atomic E-state index is -3.51. The Kier molecular flexibility index (Phi) is 3.09. The van der Waals surface area contributed by atoms with E-state index in [1.54, 1.807) is 0 Å². The van der Waals surface area contributed by atoms with E-state index < -0.39 is 16.1 Å². The molecule has 1 rings (SSSR count). The molecule has 1 saturated carbocycles. The number of primary sulfonamides is 1. The summed E-state index contributed by atoms with van der Waals surface area (Å²) in [7, 11) is -3.51. The predicted octanol–water partition coefficient (Wildman–Crippen LogP) is -0.174. The van der Waals surface area contributed by atoms with Gasteiger partial charge in [-0.3, -0.25) is 0 Å². The fourth-order valence-corrected chi connectivity index (χ4v) is 2.46. The number of aliphatic hydroxyl groups excluding tert-OH is 1. The van der Waals surface area contributed by atoms with Gasteiger partial charge in [0.05, 0.1) is 11.9 Å². The van der Waals surface area contributed by atoms with Crippen LogP contribution in [0.1, 0.15) is 25.7 Å². The molecule has 0 aromatic heterocycles. The van der Waals surface area contributed by atoms with Gasteiger partial charge in [-0.1, -0.05) is 12.8 Å². The highest BCUT2D eigenvalue weighted by atomic mass is 32.2. The Morgan fingerprint density at radius 1 is 1.42 bits per heavy atom. The molecule has 5 heteroatoms. The topological polar surface area (TPSA) is 80.4 Å². The molecule has 0 heterocycles. The summed E-state index contributed by atoms with van der Waals surface area (Å²) in [5, 5.41) is 14.2. The van der Waals surface area contributed by atoms with Crippen molar-refractivity contribution in [1.82, 2.24) is 0 Å². The highest BCUT2D eigenvalue weighted by Crippen LogP contribution is 2.27. The van der Waals surface area contributed by atoms with Crippen LogP contribution in [0.4, 0.5) is 0 Å². The third-order valence-electron chi connectivity index (χ3n) is 2.35. The van der Waals surface area contributed by atoms with E-state index in [0.29, 0.717) is 0 Å². The standard InChI is InChI=1S/C7H15NO3S/c8-12(10,11)5-7(9)6-3-1-2-4-6/h6-7,9H,1-5H2,(H2,8,10,11). The third-order valence-corrected chi connectivity index (χ3v) is 3.15. The van der Waals surface area contributed by atoms with Gasteiger partial charge in [0.1, 0.15) is 0 Å². The molecule has 1 aliphatic rings. The lowest BCUT2D eigenvalue weighted by atomic mass is 10.0. The molecule has 0 amide bonds. The van der Waals surface area contributed by atoms with Crippen LogP contribution in [-0.4, -0.2) is 25.4 Å². The zero-order chi connectivity index (χ0) is 9.19. The molecule has 0 radical (unpaired) electrons. The molecule has 0 aromatic carbocycles. The highest BCUT2D eigenvalue weighted by Gasteiger charge is 2.25. The third kappa shape index (κ3) is 3.08. The van der Waals surface area contributed by atoms with E-state index in [1.165, 1.54) is 0 Å². The maximum absolute atomic E-state index is 10.6. The first-order valence-corrected chi connectivity index (χ1v) is 5.89. The zero-order valence-electron chi connectivity index (χ0n) is 6.94. The molecule has 1 unspecified atom stereocenters. The molecule has 3 N–H and O–H groups in total. The van der Waals surface area contributed by atoms with E-state index in [9.17, 15) is 13.5 Å². The Labute approximate surface area is 72.8 Å². The summed E-state index contributed by atoms with van der Waals surface area (Å²) in [6.07, 6.45) is 3.27. The molecular formula is C7H15NO3S. The van der Waals surface area contributed by atoms with Crippen molar-refractivity contribution in [3.63, 3.8) is 0 Å². The van der Waals surface area contributed by atoms with Crippen molar-refractivity contribution in [2.75, 3.05) is 5.75 Å². The average molecular weight is 193 g/mol. The van der Waals surface area contributed by atoms with E-state index in [0.717, 1.165) is 25.7 Å². The van der Waals surface area contributed by atoms with Crippen molar-refractivity contribution in [1.29, 1.82) is 0 Å². The van der Waals surface area contributed by atoms with Gasteiger partial charge in [0.25, 0.3) is 0 Å². The quantitative estimate of drug-likeness (QED) is 0.652. The minimum absolute atomic E-state index is 0.142. The van der Waals surface area contributed by atoms with E-state index in [1.807, 2.05) is 0 Å². The molecule has 0 aromatic rings. The van der Waals surface area contributed by atoms with E-state index in [-0.39, 0.29) is 11.7 Å². The first-order valence-electron chi connectivity index (χ1n) is 4.17. The number of hydrogen-bond donors (Lipinski definition) is 2. The van der Waals surface area contributed by atoms with Gasteiger partial charge in [-0.05, 0) is 18.8 Å². The summed E-state index contributed by atoms with van der Waals surface area (Å²) in [6, 6.07) is 0. The molecule has 0 aliphatic heterocycles. The van der Waals surface area contributed by atoms with Crippen molar-refractivity contribution in [3.05, 3.63) is 0 Å². The maximum Gasteiger partial charge on any atom is 0.211 e. The van der Waals surface area contributed by atoms with Gasteiger partial charge in [-0.25, -0.2) is 13.6 Å². The second-order valence-electron chi connectivity index (χ2n) is 3.44. The summed E-state index contributed by atoms with van der Waals surface area (Å²) < 4.78 is 21.2. The van der Waals surface area contributed by atoms with Gasteiger partial charge in [0.2, 0.25) is 10.0 Å². The normalized spacial score (nSPS) is 22.8. The van der Waals surface area contributed by atoms with Crippen LogP contribution in [0.5, 0.6) is 0 Å². The van der Waals surface area contributed by atoms with Gasteiger partial charge < -0.3 is 5.11 Å². The highest BCUT2D eigenvalue weighted by molar-refractivity contribution is 7.89. The second-order valence-corrected chi connectivity index (χ2v) is 5.10. The second kappa shape index (κ2) is 3.72. The lowest BCUT2D eigenvalue weighted by Gasteiger charge is -2.15. The molecule has 1 aliphatic carbocycles. The van der Waals surface area contributed by atoms with Crippen LogP contribution in [0.15, 0.2) is 0 Å². The van der Waals surface area contributed by atoms with Gasteiger partial charge in [0, 0.05) is 0 Å². The molecule has 0 spiro atoms. The van der Waals surface area contributed by atoms with Crippen molar-refractivity contribution in [2.45, 2.75) is 31.8 Å². The Balaban J connectivity index is 2.42. The van der Waals surface area contributed by atoms with Crippen LogP contribution in [0.3, 0.4) is 0 Å². The van der Waals surface area contributed by atoms with Crippen molar-refractivity contribution >= 4 is 10.0 Å². The van der Waals surface area contributed by atoms with E-state index in [4.69, 9.17) is 5.14 Å². The van der Waals surface area contributed by atoms with Gasteiger partial charge in [-0.15, -0.1) is 0 Å². The largest absolute Gasteiger partial charge is 0.392 e. The lowest BCUT2D eigenvalue weighted by Crippen LogP contribution is -2.31. The van der Waals surface area contributed by atoms with Gasteiger partial charge in [-0.2, -0.15) is 0 Å². The Morgan fingerprint density at radius 3 is 2.33 bits per heavy atom. The summed E-state index contributed by atoms with van der Waals surface area (Å²) in [6.45, 7) is 0. The average Bonchev–Trinajstić information content (AvgIpc) is 2.32. The molecule has 72 valence electrons. The van der Waals surface area contributed by atoms with Crippen molar-refractivity contribution < 1.29 is 13.5 Å². The fourth-order valence-electron chi connectivity index (χ4n) is 1.72. The summed E-state index contributed by atoms with van der Waals surface area (Å²) in [5.41, 5.74) is 0. The molecule has 1 fully saturated rings. The number of sulfonamides is 1. The number of nitrogens with two attached hydrogens (primary N) is 1. The SMILES string of the molecule is NS(=O)(=O)CC(O)C1CCCC1. The molecule has 0 bridgehead atoms. The summed E-state index contributed by atoms with van der Waals surface area (Å²) in [5.74, 6) is -0.152. The summed E-state index contributed by atoms with van der Waals surface area (Å²) >= 11 is 0. The predicted molar refractivity (Wildman–Crippen MR) is 45.9 cm³/mol. The molecule has 1 atom stereocenters. The Bertz CT molecular complexity index is 231. The number of rotatable bonds is 3. The first kappa shape index (κ1) is 9.95. The van der Waals surface area contributed by atoms with Crippen molar-refractivity contribution in [3.8, 4) is 0 Å². The fraction of sp³-hybridized carbons (Fsp3) is 1.00. The van der Waals surface area contributed by atoms with Crippen LogP contribution in [0.25, 0.3) is 0 Å². The lowest BCUT2D eigenvalue weighted by molar-refractivity contribution is 0.131. The summed E-state index contributed by atoms with van der Waals surface area (Å²) in [4.78, 5) is 0. The van der Waals surface area contributed by atoms with Gasteiger partial charge in [0.15, 0.2) is 0 Å². The Morgan fingerprint density at radius 2 is 1.92 bits per heavy atom. The molecule has 4 nitrogen and oxygen atoms in total. The van der Waals surface area contributed by atoms with Crippen molar-refractivity contribution in [2.24, 2.45) is 11.1 Å². The van der Waals surface area contributed by atoms with E-state index >= 15 is 0 Å². The van der Waals surface area contributed by atoms with Crippen LogP contribution in [0, 0.1) is 5.92 Å². The Hall–Kier alpha value is -0.130. The molecule has 0 saturated heterocycles. The molecule has 12 heavy (non-hydrogen) atoms. The zero-order valence-corrected chi connectivity index (χ0v) is 7.76. The van der Waals surface area contributed by atoms with Crippen LogP contribution < -0.4 is 5.14 Å². The van der Waals surface area contributed by atoms with E-state index in [2.05, 4.69) is 0 Å². The van der Waals surface area contributed by atoms with Crippen LogP contribution in [0.2, 0.25) is 0 Å². The molecular weight excluding hydrogens is 178 g/mol. The van der Waals surface area contributed by atoms with Crippen LogP contribution in [-0.2, 0) is 10.0 Å². The smallest absolute Gasteiger partial charge is 0.211 e. The first-order chi connectivity index (χ1) is 5.49. The van der Waals surface area contributed by atoms with Gasteiger partial charge >= 0.3 is 0 Å². The number of aliphatic hydroxyl groups is 1. The number of hydrogen-bond acceptors (Lipinski definition) is 3. The monoisotopic (exact) mass is 193 g/mol.